The molecule has 9 nitrogen and oxygen atoms in total. The molecular weight excluding hydrogens is 480 g/mol. The van der Waals surface area contributed by atoms with Gasteiger partial charge in [0.05, 0.1) is 39.6 Å². The van der Waals surface area contributed by atoms with Crippen molar-refractivity contribution in [3.63, 3.8) is 0 Å². The zero-order valence-corrected chi connectivity index (χ0v) is 21.4. The molecule has 2 saturated heterocycles. The number of carbonyl (C=O) groups is 1. The summed E-state index contributed by atoms with van der Waals surface area (Å²) < 4.78 is 48.1. The molecule has 204 valence electrons. The average molecular weight is 519 g/mol. The van der Waals surface area contributed by atoms with Crippen molar-refractivity contribution < 1.29 is 42.7 Å². The average Bonchev–Trinajstić information content (AvgIpc) is 3.35. The molecular formula is C28H38O9. The molecule has 2 aliphatic heterocycles. The first-order valence-corrected chi connectivity index (χ1v) is 12.4. The molecule has 0 radical (unpaired) electrons. The van der Waals surface area contributed by atoms with Crippen molar-refractivity contribution >= 4 is 5.97 Å². The summed E-state index contributed by atoms with van der Waals surface area (Å²) in [5.74, 6) is -0.434. The van der Waals surface area contributed by atoms with Gasteiger partial charge in [-0.25, -0.2) is 0 Å². The van der Waals surface area contributed by atoms with Crippen LogP contribution in [-0.2, 0) is 49.3 Å². The number of esters is 1. The van der Waals surface area contributed by atoms with Gasteiger partial charge < -0.3 is 37.9 Å². The van der Waals surface area contributed by atoms with E-state index in [1.54, 1.807) is 18.2 Å². The van der Waals surface area contributed by atoms with Gasteiger partial charge in [0.25, 0.3) is 0 Å². The highest BCUT2D eigenvalue weighted by atomic mass is 16.7. The van der Waals surface area contributed by atoms with Gasteiger partial charge in [0.15, 0.2) is 6.29 Å². The van der Waals surface area contributed by atoms with Crippen LogP contribution in [0.4, 0.5) is 0 Å². The predicted molar refractivity (Wildman–Crippen MR) is 136 cm³/mol. The fraction of sp³-hybridized carbons (Fsp3) is 0.536. The predicted octanol–water partition coefficient (Wildman–Crippen LogP) is 2.99. The van der Waals surface area contributed by atoms with Crippen LogP contribution in [0.2, 0.25) is 0 Å². The molecule has 0 aromatic heterocycles. The lowest BCUT2D eigenvalue weighted by atomic mass is 9.98. The van der Waals surface area contributed by atoms with Crippen molar-refractivity contribution in [2.24, 2.45) is 0 Å². The molecule has 0 saturated carbocycles. The molecule has 0 aliphatic carbocycles. The molecule has 2 fully saturated rings. The van der Waals surface area contributed by atoms with Gasteiger partial charge in [0.2, 0.25) is 0 Å². The van der Waals surface area contributed by atoms with Crippen molar-refractivity contribution in [1.82, 2.24) is 0 Å². The lowest BCUT2D eigenvalue weighted by Gasteiger charge is -2.46. The molecule has 0 amide bonds. The van der Waals surface area contributed by atoms with E-state index < -0.39 is 42.8 Å². The first-order chi connectivity index (χ1) is 18.1. The summed E-state index contributed by atoms with van der Waals surface area (Å²) in [7, 11) is 0. The zero-order valence-electron chi connectivity index (χ0n) is 21.4. The highest BCUT2D eigenvalue weighted by Crippen LogP contribution is 2.32. The van der Waals surface area contributed by atoms with Crippen LogP contribution in [-0.4, -0.2) is 88.5 Å². The van der Waals surface area contributed by atoms with Gasteiger partial charge in [-0.3, -0.25) is 4.79 Å². The SMILES string of the molecule is C=CCO[C@H]1[C@H](OCC=C)[C@@H](OCc2ccccc2)C(O[C@@H]2COC[C@@H]2OCC=C)O[C@@H]1COC(C)=O. The van der Waals surface area contributed by atoms with Crippen LogP contribution < -0.4 is 0 Å². The Labute approximate surface area is 218 Å². The summed E-state index contributed by atoms with van der Waals surface area (Å²) in [5.41, 5.74) is 0.978. The highest BCUT2D eigenvalue weighted by Gasteiger charge is 2.50. The molecule has 2 aliphatic rings. The third kappa shape index (κ3) is 8.86. The number of hydrogen-bond donors (Lipinski definition) is 0. The van der Waals surface area contributed by atoms with E-state index in [-0.39, 0.29) is 25.9 Å². The molecule has 1 unspecified atom stereocenters. The van der Waals surface area contributed by atoms with E-state index in [4.69, 9.17) is 37.9 Å². The Bertz CT molecular complexity index is 845. The molecule has 0 N–H and O–H groups in total. The summed E-state index contributed by atoms with van der Waals surface area (Å²) in [4.78, 5) is 11.6. The van der Waals surface area contributed by atoms with Crippen LogP contribution in [0.25, 0.3) is 0 Å². The Morgan fingerprint density at radius 3 is 2.22 bits per heavy atom. The number of carbonyl (C=O) groups excluding carboxylic acids is 1. The molecule has 7 atom stereocenters. The largest absolute Gasteiger partial charge is 0.463 e. The van der Waals surface area contributed by atoms with Gasteiger partial charge in [0, 0.05) is 6.92 Å². The van der Waals surface area contributed by atoms with Crippen molar-refractivity contribution in [3.05, 3.63) is 73.9 Å². The minimum Gasteiger partial charge on any atom is -0.463 e. The third-order valence-corrected chi connectivity index (χ3v) is 5.86. The maximum Gasteiger partial charge on any atom is 0.302 e. The second-order valence-corrected chi connectivity index (χ2v) is 8.65. The van der Waals surface area contributed by atoms with E-state index in [0.717, 1.165) is 5.56 Å². The van der Waals surface area contributed by atoms with Crippen molar-refractivity contribution in [2.75, 3.05) is 39.6 Å². The maximum absolute atomic E-state index is 11.6. The standard InChI is InChI=1S/C28H38O9/c1-5-13-31-22-17-30-18-23(22)36-28-27(35-16-21-11-9-8-10-12-21)26(33-15-7-3)25(32-14-6-2)24(37-28)19-34-20(4)29/h5-12,22-28H,1-3,13-19H2,4H3/t22-,23+,24+,25+,26-,27+,28?/m0/s1. The van der Waals surface area contributed by atoms with Gasteiger partial charge in [-0.05, 0) is 5.56 Å². The molecule has 0 bridgehead atoms. The van der Waals surface area contributed by atoms with Crippen LogP contribution in [0.1, 0.15) is 12.5 Å². The van der Waals surface area contributed by atoms with E-state index in [2.05, 4.69) is 19.7 Å². The molecule has 2 heterocycles. The molecule has 1 aromatic rings. The summed E-state index contributed by atoms with van der Waals surface area (Å²) in [6, 6.07) is 9.77. The topological polar surface area (TPSA) is 90.9 Å². The molecule has 0 spiro atoms. The van der Waals surface area contributed by atoms with E-state index >= 15 is 0 Å². The van der Waals surface area contributed by atoms with Crippen LogP contribution in [0, 0.1) is 0 Å². The second-order valence-electron chi connectivity index (χ2n) is 8.65. The first-order valence-electron chi connectivity index (χ1n) is 12.4. The zero-order chi connectivity index (χ0) is 26.5. The van der Waals surface area contributed by atoms with E-state index in [9.17, 15) is 4.79 Å². The van der Waals surface area contributed by atoms with Crippen LogP contribution in [0.3, 0.4) is 0 Å². The Hall–Kier alpha value is -2.37. The molecule has 9 heteroatoms. The molecule has 1 aromatic carbocycles. The van der Waals surface area contributed by atoms with Gasteiger partial charge in [0.1, 0.15) is 43.2 Å². The fourth-order valence-electron chi connectivity index (χ4n) is 4.18. The van der Waals surface area contributed by atoms with Gasteiger partial charge in [-0.15, -0.1) is 19.7 Å². The lowest BCUT2D eigenvalue weighted by molar-refractivity contribution is -0.333. The third-order valence-electron chi connectivity index (χ3n) is 5.86. The van der Waals surface area contributed by atoms with Crippen molar-refractivity contribution in [3.8, 4) is 0 Å². The Kier molecular flexibility index (Phi) is 12.5. The number of rotatable bonds is 16. The Morgan fingerprint density at radius 2 is 1.54 bits per heavy atom. The summed E-state index contributed by atoms with van der Waals surface area (Å²) in [6.45, 7) is 14.4. The smallest absolute Gasteiger partial charge is 0.302 e. The summed E-state index contributed by atoms with van der Waals surface area (Å²) >= 11 is 0. The van der Waals surface area contributed by atoms with Crippen LogP contribution in [0.15, 0.2) is 68.3 Å². The minimum absolute atomic E-state index is 0.0477. The van der Waals surface area contributed by atoms with Gasteiger partial charge >= 0.3 is 5.97 Å². The first kappa shape index (κ1) is 29.2. The quantitative estimate of drug-likeness (QED) is 0.242. The minimum atomic E-state index is -0.885. The second kappa shape index (κ2) is 15.8. The van der Waals surface area contributed by atoms with Crippen LogP contribution >= 0.6 is 0 Å². The van der Waals surface area contributed by atoms with Crippen LogP contribution in [0.5, 0.6) is 0 Å². The highest BCUT2D eigenvalue weighted by molar-refractivity contribution is 5.65. The van der Waals surface area contributed by atoms with E-state index in [0.29, 0.717) is 26.4 Å². The Balaban J connectivity index is 1.88. The molecule has 3 rings (SSSR count). The maximum atomic E-state index is 11.6. The lowest BCUT2D eigenvalue weighted by Crippen LogP contribution is -2.62. The van der Waals surface area contributed by atoms with Gasteiger partial charge in [-0.2, -0.15) is 0 Å². The number of hydrogen-bond acceptors (Lipinski definition) is 9. The van der Waals surface area contributed by atoms with Crippen molar-refractivity contribution in [2.45, 2.75) is 56.4 Å². The Morgan fingerprint density at radius 1 is 0.892 bits per heavy atom. The van der Waals surface area contributed by atoms with E-state index in [1.165, 1.54) is 6.92 Å². The number of ether oxygens (including phenoxy) is 8. The fourth-order valence-corrected chi connectivity index (χ4v) is 4.18. The number of benzene rings is 1. The normalized spacial score (nSPS) is 29.5. The van der Waals surface area contributed by atoms with E-state index in [1.807, 2.05) is 30.3 Å². The van der Waals surface area contributed by atoms with Gasteiger partial charge in [-0.1, -0.05) is 48.6 Å². The van der Waals surface area contributed by atoms with Crippen molar-refractivity contribution in [1.29, 1.82) is 0 Å². The summed E-state index contributed by atoms with van der Waals surface area (Å²) in [6.07, 6.45) is 0.722. The summed E-state index contributed by atoms with van der Waals surface area (Å²) in [5, 5.41) is 0. The monoisotopic (exact) mass is 518 g/mol. The molecule has 37 heavy (non-hydrogen) atoms.